The summed E-state index contributed by atoms with van der Waals surface area (Å²) >= 11 is 0. The number of amides is 2. The van der Waals surface area contributed by atoms with Gasteiger partial charge in [-0.15, -0.1) is 0 Å². The van der Waals surface area contributed by atoms with Gasteiger partial charge in [0, 0.05) is 37.1 Å². The number of carbonyl (C=O) groups excluding carboxylic acids is 2. The molecule has 5 nitrogen and oxygen atoms in total. The second kappa shape index (κ2) is 7.21. The van der Waals surface area contributed by atoms with Gasteiger partial charge in [0.1, 0.15) is 0 Å². The molecule has 0 radical (unpaired) electrons. The molecule has 0 spiro atoms. The Bertz CT molecular complexity index is 829. The van der Waals surface area contributed by atoms with Crippen molar-refractivity contribution in [2.45, 2.75) is 40.0 Å². The van der Waals surface area contributed by atoms with Crippen LogP contribution in [0.25, 0.3) is 10.9 Å². The lowest BCUT2D eigenvalue weighted by molar-refractivity contribution is -0.133. The first-order valence-corrected chi connectivity index (χ1v) is 8.90. The van der Waals surface area contributed by atoms with Gasteiger partial charge >= 0.3 is 0 Å². The zero-order valence-electron chi connectivity index (χ0n) is 15.2. The third-order valence-corrected chi connectivity index (χ3v) is 4.71. The number of pyridine rings is 1. The predicted molar refractivity (Wildman–Crippen MR) is 98.7 cm³/mol. The van der Waals surface area contributed by atoms with Gasteiger partial charge in [-0.05, 0) is 51.3 Å². The third-order valence-electron chi connectivity index (χ3n) is 4.71. The van der Waals surface area contributed by atoms with Gasteiger partial charge in [0.05, 0.1) is 11.1 Å². The summed E-state index contributed by atoms with van der Waals surface area (Å²) in [6.45, 7) is 7.79. The molecule has 1 aliphatic rings. The normalized spacial score (nSPS) is 14.8. The van der Waals surface area contributed by atoms with E-state index < -0.39 is 0 Å². The van der Waals surface area contributed by atoms with Crippen molar-refractivity contribution in [3.63, 3.8) is 0 Å². The van der Waals surface area contributed by atoms with Crippen LogP contribution in [-0.2, 0) is 4.79 Å². The highest BCUT2D eigenvalue weighted by molar-refractivity contribution is 6.07. The van der Waals surface area contributed by atoms with Crippen LogP contribution in [0, 0.1) is 20.8 Å². The molecule has 2 aromatic rings. The Labute approximate surface area is 148 Å². The topological polar surface area (TPSA) is 62.3 Å². The highest BCUT2D eigenvalue weighted by Gasteiger charge is 2.18. The van der Waals surface area contributed by atoms with E-state index in [0.29, 0.717) is 25.1 Å². The predicted octanol–water partition coefficient (Wildman–Crippen LogP) is 2.90. The van der Waals surface area contributed by atoms with Crippen LogP contribution in [0.3, 0.4) is 0 Å². The molecule has 0 saturated carbocycles. The summed E-state index contributed by atoms with van der Waals surface area (Å²) in [6.07, 6.45) is 2.65. The molecule has 25 heavy (non-hydrogen) atoms. The molecule has 3 rings (SSSR count). The van der Waals surface area contributed by atoms with Gasteiger partial charge in [-0.1, -0.05) is 11.6 Å². The molecule has 0 bridgehead atoms. The van der Waals surface area contributed by atoms with E-state index in [9.17, 15) is 9.59 Å². The first kappa shape index (κ1) is 17.4. The third kappa shape index (κ3) is 3.81. The molecule has 132 valence electrons. The number of hydrogen-bond donors (Lipinski definition) is 1. The number of rotatable bonds is 4. The van der Waals surface area contributed by atoms with Gasteiger partial charge in [0.25, 0.3) is 5.91 Å². The second-order valence-corrected chi connectivity index (χ2v) is 6.88. The summed E-state index contributed by atoms with van der Waals surface area (Å²) in [5.41, 5.74) is 4.55. The molecular formula is C20H25N3O2. The molecule has 0 atom stereocenters. The quantitative estimate of drug-likeness (QED) is 0.932. The van der Waals surface area contributed by atoms with E-state index >= 15 is 0 Å². The molecule has 1 aromatic heterocycles. The molecule has 1 fully saturated rings. The van der Waals surface area contributed by atoms with Crippen LogP contribution in [0.5, 0.6) is 0 Å². The van der Waals surface area contributed by atoms with Gasteiger partial charge in [-0.25, -0.2) is 0 Å². The minimum Gasteiger partial charge on any atom is -0.350 e. The number of nitrogens with zero attached hydrogens (tertiary/aromatic N) is 2. The van der Waals surface area contributed by atoms with E-state index in [1.807, 2.05) is 37.8 Å². The number of aryl methyl sites for hydroxylation is 3. The Morgan fingerprint density at radius 2 is 2.00 bits per heavy atom. The summed E-state index contributed by atoms with van der Waals surface area (Å²) < 4.78 is 0. The van der Waals surface area contributed by atoms with Crippen LogP contribution in [-0.4, -0.2) is 41.3 Å². The van der Waals surface area contributed by atoms with Crippen LogP contribution in [0.4, 0.5) is 0 Å². The Hall–Kier alpha value is -2.43. The SMILES string of the molecule is Cc1cc(C)c2nc(C)cc(C(=O)NCCN3CCCCC3=O)c2c1. The highest BCUT2D eigenvalue weighted by atomic mass is 16.2. The van der Waals surface area contributed by atoms with E-state index in [4.69, 9.17) is 0 Å². The fourth-order valence-corrected chi connectivity index (χ4v) is 3.49. The van der Waals surface area contributed by atoms with E-state index in [2.05, 4.69) is 16.4 Å². The van der Waals surface area contributed by atoms with E-state index in [1.54, 1.807) is 0 Å². The van der Waals surface area contributed by atoms with E-state index in [0.717, 1.165) is 47.1 Å². The maximum Gasteiger partial charge on any atom is 0.252 e. The van der Waals surface area contributed by atoms with Gasteiger partial charge in [-0.3, -0.25) is 14.6 Å². The number of fused-ring (bicyclic) bond motifs is 1. The number of benzene rings is 1. The number of aromatic nitrogens is 1. The minimum absolute atomic E-state index is 0.107. The number of nitrogens with one attached hydrogen (secondary N) is 1. The molecule has 0 aliphatic carbocycles. The lowest BCUT2D eigenvalue weighted by atomic mass is 10.0. The van der Waals surface area contributed by atoms with Crippen molar-refractivity contribution < 1.29 is 9.59 Å². The van der Waals surface area contributed by atoms with E-state index in [1.165, 1.54) is 0 Å². The fourth-order valence-electron chi connectivity index (χ4n) is 3.49. The zero-order chi connectivity index (χ0) is 18.0. The van der Waals surface area contributed by atoms with Gasteiger partial charge < -0.3 is 10.2 Å². The second-order valence-electron chi connectivity index (χ2n) is 6.88. The summed E-state index contributed by atoms with van der Waals surface area (Å²) in [5, 5.41) is 3.85. The van der Waals surface area contributed by atoms with Crippen LogP contribution in [0.1, 0.15) is 46.4 Å². The molecule has 5 heteroatoms. The Balaban J connectivity index is 1.76. The fraction of sp³-hybridized carbons (Fsp3) is 0.450. The lowest BCUT2D eigenvalue weighted by Gasteiger charge is -2.26. The molecule has 1 aliphatic heterocycles. The van der Waals surface area contributed by atoms with Crippen molar-refractivity contribution in [2.24, 2.45) is 0 Å². The van der Waals surface area contributed by atoms with Crippen molar-refractivity contribution in [2.75, 3.05) is 19.6 Å². The van der Waals surface area contributed by atoms with Crippen molar-refractivity contribution >= 4 is 22.7 Å². The summed E-state index contributed by atoms with van der Waals surface area (Å²) in [7, 11) is 0. The van der Waals surface area contributed by atoms with Gasteiger partial charge in [0.15, 0.2) is 0 Å². The van der Waals surface area contributed by atoms with E-state index in [-0.39, 0.29) is 11.8 Å². The molecule has 2 heterocycles. The number of likely N-dealkylation sites (tertiary alicyclic amines) is 1. The molecule has 1 N–H and O–H groups in total. The van der Waals surface area contributed by atoms with Crippen molar-refractivity contribution in [1.82, 2.24) is 15.2 Å². The maximum absolute atomic E-state index is 12.7. The first-order chi connectivity index (χ1) is 12.0. The Kier molecular flexibility index (Phi) is 5.02. The van der Waals surface area contributed by atoms with Crippen LogP contribution in [0.15, 0.2) is 18.2 Å². The Morgan fingerprint density at radius 1 is 1.20 bits per heavy atom. The number of carbonyl (C=O) groups is 2. The molecule has 2 amide bonds. The monoisotopic (exact) mass is 339 g/mol. The molecule has 1 aromatic carbocycles. The minimum atomic E-state index is -0.107. The van der Waals surface area contributed by atoms with Crippen molar-refractivity contribution in [3.05, 3.63) is 40.6 Å². The molecule has 1 saturated heterocycles. The largest absolute Gasteiger partial charge is 0.350 e. The summed E-state index contributed by atoms with van der Waals surface area (Å²) in [6, 6.07) is 5.93. The van der Waals surface area contributed by atoms with Crippen molar-refractivity contribution in [3.8, 4) is 0 Å². The number of piperidine rings is 1. The highest BCUT2D eigenvalue weighted by Crippen LogP contribution is 2.23. The van der Waals surface area contributed by atoms with Crippen LogP contribution < -0.4 is 5.32 Å². The average Bonchev–Trinajstić information content (AvgIpc) is 2.56. The van der Waals surface area contributed by atoms with Gasteiger partial charge in [-0.2, -0.15) is 0 Å². The van der Waals surface area contributed by atoms with Gasteiger partial charge in [0.2, 0.25) is 5.91 Å². The Morgan fingerprint density at radius 3 is 2.76 bits per heavy atom. The first-order valence-electron chi connectivity index (χ1n) is 8.90. The maximum atomic E-state index is 12.7. The van der Waals surface area contributed by atoms with Crippen LogP contribution >= 0.6 is 0 Å². The summed E-state index contributed by atoms with van der Waals surface area (Å²) in [5.74, 6) is 0.0851. The zero-order valence-corrected chi connectivity index (χ0v) is 15.2. The average molecular weight is 339 g/mol. The van der Waals surface area contributed by atoms with Crippen molar-refractivity contribution in [1.29, 1.82) is 0 Å². The molecular weight excluding hydrogens is 314 g/mol. The molecule has 0 unspecified atom stereocenters. The standard InChI is InChI=1S/C20H25N3O2/c1-13-10-14(2)19-16(11-13)17(12-15(3)22-19)20(25)21-7-9-23-8-5-4-6-18(23)24/h10-12H,4-9H2,1-3H3,(H,21,25). The summed E-state index contributed by atoms with van der Waals surface area (Å²) in [4.78, 5) is 31.0. The smallest absolute Gasteiger partial charge is 0.252 e. The van der Waals surface area contributed by atoms with Crippen LogP contribution in [0.2, 0.25) is 0 Å². The lowest BCUT2D eigenvalue weighted by Crippen LogP contribution is -2.41. The number of hydrogen-bond acceptors (Lipinski definition) is 3.